The third-order valence-electron chi connectivity index (χ3n) is 6.92. The van der Waals surface area contributed by atoms with Gasteiger partial charge in [0, 0.05) is 10.9 Å². The number of methoxy groups -OCH3 is 1. The molecule has 0 heterocycles. The number of aryl methyl sites for hydroxylation is 1. The average molecular weight is 427 g/mol. The van der Waals surface area contributed by atoms with Crippen LogP contribution in [0.4, 0.5) is 13.2 Å². The summed E-state index contributed by atoms with van der Waals surface area (Å²) >= 11 is 0. The first-order chi connectivity index (χ1) is 15.0. The molecule has 0 N–H and O–H groups in total. The molecule has 31 heavy (non-hydrogen) atoms. The van der Waals surface area contributed by atoms with Gasteiger partial charge in [-0.3, -0.25) is 0 Å². The summed E-state index contributed by atoms with van der Waals surface area (Å²) in [5.74, 6) is -0.927. The first-order valence-electron chi connectivity index (χ1n) is 11.2. The first kappa shape index (κ1) is 21.7. The van der Waals surface area contributed by atoms with E-state index in [1.165, 1.54) is 51.2 Å². The zero-order valence-corrected chi connectivity index (χ0v) is 18.2. The van der Waals surface area contributed by atoms with Crippen LogP contribution in [0.1, 0.15) is 51.0 Å². The van der Waals surface area contributed by atoms with Gasteiger partial charge in [0.25, 0.3) is 0 Å². The van der Waals surface area contributed by atoms with Crippen LogP contribution >= 0.6 is 0 Å². The van der Waals surface area contributed by atoms with Crippen molar-refractivity contribution in [3.8, 4) is 16.9 Å². The van der Waals surface area contributed by atoms with E-state index < -0.39 is 23.2 Å². The van der Waals surface area contributed by atoms with Gasteiger partial charge < -0.3 is 4.74 Å². The summed E-state index contributed by atoms with van der Waals surface area (Å²) in [6.07, 6.45) is 8.79. The van der Waals surface area contributed by atoms with Crippen molar-refractivity contribution in [1.29, 1.82) is 0 Å². The molecule has 0 aliphatic heterocycles. The van der Waals surface area contributed by atoms with Crippen molar-refractivity contribution in [2.24, 2.45) is 11.8 Å². The molecule has 4 heteroatoms. The molecule has 0 unspecified atom stereocenters. The molecule has 0 saturated heterocycles. The fourth-order valence-electron chi connectivity index (χ4n) is 4.93. The largest absolute Gasteiger partial charge is 0.491 e. The molecule has 0 atom stereocenters. The van der Waals surface area contributed by atoms with Gasteiger partial charge in [-0.05, 0) is 53.3 Å². The molecule has 1 saturated carbocycles. The molecule has 1 aliphatic rings. The number of hydrogen-bond donors (Lipinski definition) is 0. The van der Waals surface area contributed by atoms with Crippen molar-refractivity contribution < 1.29 is 17.9 Å². The minimum Gasteiger partial charge on any atom is -0.491 e. The fourth-order valence-corrected chi connectivity index (χ4v) is 4.93. The highest BCUT2D eigenvalue weighted by molar-refractivity contribution is 5.88. The second-order valence-electron chi connectivity index (χ2n) is 8.79. The van der Waals surface area contributed by atoms with E-state index in [1.807, 2.05) is 18.2 Å². The number of hydrogen-bond acceptors (Lipinski definition) is 1. The highest BCUT2D eigenvalue weighted by Gasteiger charge is 2.20. The smallest absolute Gasteiger partial charge is 0.190 e. The highest BCUT2D eigenvalue weighted by Crippen LogP contribution is 2.35. The molecule has 3 aromatic carbocycles. The summed E-state index contributed by atoms with van der Waals surface area (Å²) < 4.78 is 48.1. The number of benzene rings is 3. The van der Waals surface area contributed by atoms with Gasteiger partial charge in [0.2, 0.25) is 0 Å². The van der Waals surface area contributed by atoms with Crippen LogP contribution in [0, 0.1) is 29.3 Å². The van der Waals surface area contributed by atoms with Gasteiger partial charge in [-0.2, -0.15) is 0 Å². The van der Waals surface area contributed by atoms with Gasteiger partial charge in [0.1, 0.15) is 5.82 Å². The van der Waals surface area contributed by atoms with Crippen molar-refractivity contribution in [2.45, 2.75) is 51.9 Å². The van der Waals surface area contributed by atoms with E-state index in [9.17, 15) is 8.78 Å². The molecule has 0 amide bonds. The molecular formula is C27H29F3O. The molecule has 4 rings (SSSR count). The molecule has 1 nitrogen and oxygen atoms in total. The third-order valence-corrected chi connectivity index (χ3v) is 6.92. The van der Waals surface area contributed by atoms with Crippen LogP contribution in [0.2, 0.25) is 0 Å². The molecule has 164 valence electrons. The zero-order chi connectivity index (χ0) is 22.0. The molecule has 0 bridgehead atoms. The SMILES string of the molecule is CCC1CCC(CCc2ccc3c(F)c(-c4cc(F)c(OC)c(F)c4)ccc3c2)CC1. The van der Waals surface area contributed by atoms with Gasteiger partial charge in [0.05, 0.1) is 7.11 Å². The topological polar surface area (TPSA) is 9.23 Å². The number of ether oxygens (including phenoxy) is 1. The van der Waals surface area contributed by atoms with Crippen LogP contribution in [0.5, 0.6) is 5.75 Å². The van der Waals surface area contributed by atoms with Crippen molar-refractivity contribution >= 4 is 10.8 Å². The van der Waals surface area contributed by atoms with Crippen molar-refractivity contribution in [3.05, 3.63) is 65.5 Å². The summed E-state index contributed by atoms with van der Waals surface area (Å²) in [7, 11) is 1.20. The van der Waals surface area contributed by atoms with E-state index in [4.69, 9.17) is 4.74 Å². The third kappa shape index (κ3) is 4.58. The summed E-state index contributed by atoms with van der Waals surface area (Å²) in [5, 5.41) is 1.27. The molecular weight excluding hydrogens is 397 g/mol. The lowest BCUT2D eigenvalue weighted by atomic mass is 9.78. The highest BCUT2D eigenvalue weighted by atomic mass is 19.1. The van der Waals surface area contributed by atoms with E-state index in [0.29, 0.717) is 5.39 Å². The Kier molecular flexibility index (Phi) is 6.54. The Morgan fingerprint density at radius 1 is 0.871 bits per heavy atom. The van der Waals surface area contributed by atoms with Crippen molar-refractivity contribution in [2.75, 3.05) is 7.11 Å². The first-order valence-corrected chi connectivity index (χ1v) is 11.2. The van der Waals surface area contributed by atoms with Gasteiger partial charge >= 0.3 is 0 Å². The van der Waals surface area contributed by atoms with Crippen molar-refractivity contribution in [1.82, 2.24) is 0 Å². The van der Waals surface area contributed by atoms with Crippen LogP contribution in [0.3, 0.4) is 0 Å². The normalized spacial score (nSPS) is 19.0. The Balaban J connectivity index is 1.53. The maximum atomic E-state index is 15.2. The minimum atomic E-state index is -0.847. The lowest BCUT2D eigenvalue weighted by molar-refractivity contribution is 0.259. The van der Waals surface area contributed by atoms with Crippen LogP contribution in [0.25, 0.3) is 21.9 Å². The molecule has 3 aromatic rings. The average Bonchev–Trinajstić information content (AvgIpc) is 2.78. The van der Waals surface area contributed by atoms with E-state index >= 15 is 4.39 Å². The van der Waals surface area contributed by atoms with Crippen molar-refractivity contribution in [3.63, 3.8) is 0 Å². The second-order valence-corrected chi connectivity index (χ2v) is 8.79. The van der Waals surface area contributed by atoms with Gasteiger partial charge in [-0.15, -0.1) is 0 Å². The maximum absolute atomic E-state index is 15.2. The summed E-state index contributed by atoms with van der Waals surface area (Å²) in [6.45, 7) is 2.28. The quantitative estimate of drug-likeness (QED) is 0.387. The molecule has 0 aromatic heterocycles. The Morgan fingerprint density at radius 3 is 2.19 bits per heavy atom. The molecule has 0 radical (unpaired) electrons. The van der Waals surface area contributed by atoms with Crippen LogP contribution in [0.15, 0.2) is 42.5 Å². The van der Waals surface area contributed by atoms with Crippen LogP contribution in [-0.4, -0.2) is 7.11 Å². The van der Waals surface area contributed by atoms with E-state index in [0.717, 1.165) is 35.8 Å². The minimum absolute atomic E-state index is 0.155. The van der Waals surface area contributed by atoms with E-state index in [2.05, 4.69) is 6.92 Å². The Morgan fingerprint density at radius 2 is 1.55 bits per heavy atom. The monoisotopic (exact) mass is 426 g/mol. The van der Waals surface area contributed by atoms with Crippen LogP contribution in [-0.2, 0) is 6.42 Å². The van der Waals surface area contributed by atoms with Crippen LogP contribution < -0.4 is 4.74 Å². The number of fused-ring (bicyclic) bond motifs is 1. The Bertz CT molecular complexity index is 1040. The number of halogens is 3. The molecule has 1 fully saturated rings. The summed E-state index contributed by atoms with van der Waals surface area (Å²) in [4.78, 5) is 0. The van der Waals surface area contributed by atoms with Gasteiger partial charge in [0.15, 0.2) is 17.4 Å². The maximum Gasteiger partial charge on any atom is 0.190 e. The Hall–Kier alpha value is -2.49. The summed E-state index contributed by atoms with van der Waals surface area (Å²) in [6, 6.07) is 11.4. The summed E-state index contributed by atoms with van der Waals surface area (Å²) in [5.41, 5.74) is 1.54. The van der Waals surface area contributed by atoms with Gasteiger partial charge in [-0.1, -0.05) is 69.4 Å². The van der Waals surface area contributed by atoms with E-state index in [-0.39, 0.29) is 11.1 Å². The standard InChI is InChI=1S/C27H29F3O/c1-3-17-4-6-18(7-5-17)8-9-19-10-12-22-20(14-19)11-13-23(26(22)30)21-15-24(28)27(31-2)25(29)16-21/h10-18H,3-9H2,1-2H3. The lowest BCUT2D eigenvalue weighted by Gasteiger charge is -2.27. The fraction of sp³-hybridized carbons (Fsp3) is 0.407. The molecule has 0 spiro atoms. The lowest BCUT2D eigenvalue weighted by Crippen LogP contribution is -2.14. The predicted molar refractivity (Wildman–Crippen MR) is 120 cm³/mol. The molecule has 1 aliphatic carbocycles. The number of rotatable bonds is 6. The second kappa shape index (κ2) is 9.33. The van der Waals surface area contributed by atoms with Gasteiger partial charge in [-0.25, -0.2) is 13.2 Å². The zero-order valence-electron chi connectivity index (χ0n) is 18.2. The van der Waals surface area contributed by atoms with E-state index in [1.54, 1.807) is 12.1 Å². The Labute approximate surface area is 182 Å². The predicted octanol–water partition coefficient (Wildman–Crippen LogP) is 8.08.